The zero-order valence-corrected chi connectivity index (χ0v) is 11.5. The van der Waals surface area contributed by atoms with Gasteiger partial charge < -0.3 is 9.84 Å². The fraction of sp³-hybridized carbons (Fsp3) is 0.250. The molecule has 2 aromatic rings. The zero-order valence-electron chi connectivity index (χ0n) is 9.89. The number of aliphatic hydroxyl groups excluding tert-OH is 1. The summed E-state index contributed by atoms with van der Waals surface area (Å²) >= 11 is 3.25. The average molecular weight is 315 g/mol. The van der Waals surface area contributed by atoms with E-state index in [0.717, 1.165) is 0 Å². The van der Waals surface area contributed by atoms with Crippen molar-refractivity contribution in [1.82, 2.24) is 9.78 Å². The number of hydrogen-bond donors (Lipinski definition) is 1. The number of aryl methyl sites for hydroxylation is 1. The lowest BCUT2D eigenvalue weighted by Gasteiger charge is -2.14. The van der Waals surface area contributed by atoms with Crippen molar-refractivity contribution in [2.75, 3.05) is 7.11 Å². The molecule has 0 aliphatic carbocycles. The second-order valence-corrected chi connectivity index (χ2v) is 4.71. The molecule has 96 valence electrons. The summed E-state index contributed by atoms with van der Waals surface area (Å²) in [5, 5.41) is 14.3. The molecule has 4 nitrogen and oxygen atoms in total. The summed E-state index contributed by atoms with van der Waals surface area (Å²) < 4.78 is 21.0. The molecule has 1 unspecified atom stereocenters. The van der Waals surface area contributed by atoms with Crippen molar-refractivity contribution in [2.24, 2.45) is 7.05 Å². The molecule has 18 heavy (non-hydrogen) atoms. The number of benzene rings is 1. The third kappa shape index (κ3) is 2.26. The third-order valence-corrected chi connectivity index (χ3v) is 3.17. The number of hydrogen-bond acceptors (Lipinski definition) is 3. The first-order valence-electron chi connectivity index (χ1n) is 5.23. The van der Waals surface area contributed by atoms with Crippen molar-refractivity contribution in [2.45, 2.75) is 6.10 Å². The molecule has 1 N–H and O–H groups in total. The van der Waals surface area contributed by atoms with E-state index in [1.54, 1.807) is 13.1 Å². The number of methoxy groups -OCH3 is 1. The topological polar surface area (TPSA) is 47.3 Å². The van der Waals surface area contributed by atoms with E-state index in [1.165, 1.54) is 30.1 Å². The van der Waals surface area contributed by atoms with E-state index >= 15 is 0 Å². The lowest BCUT2D eigenvalue weighted by atomic mass is 10.1. The minimum atomic E-state index is -1.13. The summed E-state index contributed by atoms with van der Waals surface area (Å²) in [7, 11) is 3.14. The minimum Gasteiger partial charge on any atom is -0.493 e. The largest absolute Gasteiger partial charge is 0.493 e. The van der Waals surface area contributed by atoms with Gasteiger partial charge in [-0.05, 0) is 18.2 Å². The Kier molecular flexibility index (Phi) is 3.68. The molecule has 0 fully saturated rings. The van der Waals surface area contributed by atoms with Gasteiger partial charge in [0.2, 0.25) is 0 Å². The van der Waals surface area contributed by atoms with Crippen LogP contribution in [0.15, 0.2) is 28.9 Å². The first-order chi connectivity index (χ1) is 8.54. The molecular weight excluding hydrogens is 303 g/mol. The molecule has 1 atom stereocenters. The molecule has 0 aliphatic heterocycles. The number of halogens is 2. The van der Waals surface area contributed by atoms with Crippen LogP contribution < -0.4 is 4.74 Å². The second kappa shape index (κ2) is 5.07. The molecule has 0 aliphatic rings. The third-order valence-electron chi connectivity index (χ3n) is 2.68. The van der Waals surface area contributed by atoms with Gasteiger partial charge in [-0.3, -0.25) is 4.68 Å². The minimum absolute atomic E-state index is 0.172. The molecule has 0 radical (unpaired) electrons. The Morgan fingerprint density at radius 2 is 2.22 bits per heavy atom. The molecule has 1 heterocycles. The molecule has 1 aromatic heterocycles. The fourth-order valence-corrected chi connectivity index (χ4v) is 2.15. The highest BCUT2D eigenvalue weighted by molar-refractivity contribution is 9.10. The second-order valence-electron chi connectivity index (χ2n) is 3.79. The predicted octanol–water partition coefficient (Wildman–Crippen LogP) is 2.41. The van der Waals surface area contributed by atoms with E-state index in [9.17, 15) is 9.50 Å². The summed E-state index contributed by atoms with van der Waals surface area (Å²) in [5.74, 6) is -0.0571. The summed E-state index contributed by atoms with van der Waals surface area (Å²) in [6.07, 6.45) is 0.346. The van der Waals surface area contributed by atoms with E-state index in [4.69, 9.17) is 4.74 Å². The van der Waals surface area contributed by atoms with Crippen LogP contribution in [0.4, 0.5) is 4.39 Å². The Labute approximate surface area is 112 Å². The highest BCUT2D eigenvalue weighted by Crippen LogP contribution is 2.31. The zero-order chi connectivity index (χ0) is 13.3. The molecule has 1 aromatic carbocycles. The molecule has 0 amide bonds. The first kappa shape index (κ1) is 13.0. The van der Waals surface area contributed by atoms with Crippen molar-refractivity contribution in [1.29, 1.82) is 0 Å². The Morgan fingerprint density at radius 1 is 1.50 bits per heavy atom. The average Bonchev–Trinajstić information content (AvgIpc) is 2.72. The monoisotopic (exact) mass is 314 g/mol. The van der Waals surface area contributed by atoms with Crippen LogP contribution in [-0.4, -0.2) is 22.0 Å². The van der Waals surface area contributed by atoms with Crippen LogP contribution in [0.3, 0.4) is 0 Å². The van der Waals surface area contributed by atoms with Crippen molar-refractivity contribution < 1.29 is 14.2 Å². The van der Waals surface area contributed by atoms with Crippen LogP contribution in [-0.2, 0) is 7.05 Å². The number of aliphatic hydroxyl groups is 1. The van der Waals surface area contributed by atoms with E-state index in [1.807, 2.05) is 0 Å². The van der Waals surface area contributed by atoms with Crippen molar-refractivity contribution in [3.63, 3.8) is 0 Å². The molecular formula is C12H12BrFN2O2. The van der Waals surface area contributed by atoms with Gasteiger partial charge in [-0.2, -0.15) is 5.10 Å². The summed E-state index contributed by atoms with van der Waals surface area (Å²) in [6, 6.07) is 4.41. The lowest BCUT2D eigenvalue weighted by Crippen LogP contribution is -2.09. The molecule has 0 bridgehead atoms. The predicted molar refractivity (Wildman–Crippen MR) is 67.9 cm³/mol. The number of nitrogens with zero attached hydrogens (tertiary/aromatic N) is 2. The highest BCUT2D eigenvalue weighted by atomic mass is 79.9. The Hall–Kier alpha value is -1.40. The normalized spacial score (nSPS) is 12.5. The molecule has 0 spiro atoms. The first-order valence-corrected chi connectivity index (χ1v) is 6.02. The van der Waals surface area contributed by atoms with Gasteiger partial charge in [-0.1, -0.05) is 15.9 Å². The highest BCUT2D eigenvalue weighted by Gasteiger charge is 2.23. The van der Waals surface area contributed by atoms with Crippen LogP contribution in [0.5, 0.6) is 5.75 Å². The fourth-order valence-electron chi connectivity index (χ4n) is 1.77. The molecule has 2 rings (SSSR count). The standard InChI is InChI=1S/C12H12BrFN2O2/c1-16-11(10(18-2)6-15-16)12(17)8-5-7(13)3-4-9(8)14/h3-6,12,17H,1-2H3. The van der Waals surface area contributed by atoms with Crippen molar-refractivity contribution in [3.05, 3.63) is 45.9 Å². The van der Waals surface area contributed by atoms with E-state index in [0.29, 0.717) is 15.9 Å². The maximum absolute atomic E-state index is 13.7. The van der Waals surface area contributed by atoms with Gasteiger partial charge >= 0.3 is 0 Å². The van der Waals surface area contributed by atoms with Crippen LogP contribution in [0.1, 0.15) is 17.4 Å². The lowest BCUT2D eigenvalue weighted by molar-refractivity contribution is 0.199. The van der Waals surface area contributed by atoms with Gasteiger partial charge in [0.15, 0.2) is 5.75 Å². The quantitative estimate of drug-likeness (QED) is 0.946. The van der Waals surface area contributed by atoms with Crippen LogP contribution in [0, 0.1) is 5.82 Å². The maximum atomic E-state index is 13.7. The smallest absolute Gasteiger partial charge is 0.162 e. The number of rotatable bonds is 3. The van der Waals surface area contributed by atoms with Crippen molar-refractivity contribution in [3.8, 4) is 5.75 Å². The van der Waals surface area contributed by atoms with E-state index in [2.05, 4.69) is 21.0 Å². The van der Waals surface area contributed by atoms with E-state index in [-0.39, 0.29) is 5.56 Å². The van der Waals surface area contributed by atoms with Gasteiger partial charge in [0, 0.05) is 17.1 Å². The summed E-state index contributed by atoms with van der Waals surface area (Å²) in [5.41, 5.74) is 0.584. The molecule has 0 saturated carbocycles. The maximum Gasteiger partial charge on any atom is 0.162 e. The Morgan fingerprint density at radius 3 is 2.89 bits per heavy atom. The van der Waals surface area contributed by atoms with E-state index < -0.39 is 11.9 Å². The Balaban J connectivity index is 2.50. The van der Waals surface area contributed by atoms with Gasteiger partial charge in [-0.25, -0.2) is 4.39 Å². The van der Waals surface area contributed by atoms with Gasteiger partial charge in [-0.15, -0.1) is 0 Å². The summed E-state index contributed by atoms with van der Waals surface area (Å²) in [4.78, 5) is 0. The number of ether oxygens (including phenoxy) is 1. The number of aromatic nitrogens is 2. The van der Waals surface area contributed by atoms with Crippen molar-refractivity contribution >= 4 is 15.9 Å². The van der Waals surface area contributed by atoms with Gasteiger partial charge in [0.05, 0.1) is 13.3 Å². The van der Waals surface area contributed by atoms with Gasteiger partial charge in [0.1, 0.15) is 17.6 Å². The van der Waals surface area contributed by atoms with Crippen LogP contribution in [0.2, 0.25) is 0 Å². The van der Waals surface area contributed by atoms with Crippen LogP contribution >= 0.6 is 15.9 Å². The van der Waals surface area contributed by atoms with Gasteiger partial charge in [0.25, 0.3) is 0 Å². The SMILES string of the molecule is COc1cnn(C)c1C(O)c1cc(Br)ccc1F. The molecule has 6 heteroatoms. The summed E-state index contributed by atoms with van der Waals surface area (Å²) in [6.45, 7) is 0. The Bertz CT molecular complexity index is 571. The van der Waals surface area contributed by atoms with Crippen LogP contribution in [0.25, 0.3) is 0 Å². The molecule has 0 saturated heterocycles.